The second-order valence-corrected chi connectivity index (χ2v) is 4.92. The van der Waals surface area contributed by atoms with Crippen LogP contribution in [0.1, 0.15) is 29.2 Å². The molecular weight excluding hydrogens is 241 g/mol. The van der Waals surface area contributed by atoms with Gasteiger partial charge < -0.3 is 10.5 Å². The van der Waals surface area contributed by atoms with E-state index in [4.69, 9.17) is 10.5 Å². The smallest absolute Gasteiger partial charge is 0.123 e. The highest BCUT2D eigenvalue weighted by Gasteiger charge is 2.18. The Morgan fingerprint density at radius 3 is 2.95 bits per heavy atom. The molecule has 0 aromatic heterocycles. The highest BCUT2D eigenvalue weighted by molar-refractivity contribution is 5.40. The Morgan fingerprint density at radius 2 is 2.11 bits per heavy atom. The van der Waals surface area contributed by atoms with Crippen LogP contribution in [0.25, 0.3) is 0 Å². The minimum absolute atomic E-state index is 0.160. The van der Waals surface area contributed by atoms with Gasteiger partial charge in [0.2, 0.25) is 0 Å². The second kappa shape index (κ2) is 5.02. The maximum Gasteiger partial charge on any atom is 0.123 e. The van der Waals surface area contributed by atoms with Gasteiger partial charge in [0.15, 0.2) is 0 Å². The number of benzene rings is 2. The molecule has 2 aromatic rings. The maximum absolute atomic E-state index is 13.0. The number of hydrogen-bond donors (Lipinski definition) is 1. The minimum Gasteiger partial charge on any atom is -0.489 e. The lowest BCUT2D eigenvalue weighted by atomic mass is 10.1. The van der Waals surface area contributed by atoms with Crippen molar-refractivity contribution in [2.24, 2.45) is 5.73 Å². The third-order valence-electron chi connectivity index (χ3n) is 3.53. The summed E-state index contributed by atoms with van der Waals surface area (Å²) in [5.74, 6) is 0.582. The Kier molecular flexibility index (Phi) is 3.22. The molecular formula is C16H16FNO. The van der Waals surface area contributed by atoms with Crippen molar-refractivity contribution in [2.45, 2.75) is 25.5 Å². The summed E-state index contributed by atoms with van der Waals surface area (Å²) in [4.78, 5) is 0. The number of halogens is 1. The van der Waals surface area contributed by atoms with Crippen LogP contribution >= 0.6 is 0 Å². The minimum atomic E-state index is -0.235. The van der Waals surface area contributed by atoms with Gasteiger partial charge in [0, 0.05) is 6.04 Å². The van der Waals surface area contributed by atoms with Gasteiger partial charge in [-0.2, -0.15) is 0 Å². The first-order chi connectivity index (χ1) is 9.22. The molecule has 3 rings (SSSR count). The fourth-order valence-electron chi connectivity index (χ4n) is 2.51. The number of aryl methyl sites for hydroxylation is 1. The van der Waals surface area contributed by atoms with Crippen LogP contribution in [0.2, 0.25) is 0 Å². The first-order valence-electron chi connectivity index (χ1n) is 6.48. The van der Waals surface area contributed by atoms with Crippen molar-refractivity contribution in [3.63, 3.8) is 0 Å². The van der Waals surface area contributed by atoms with E-state index in [1.807, 2.05) is 24.3 Å². The van der Waals surface area contributed by atoms with Gasteiger partial charge in [0.25, 0.3) is 0 Å². The number of rotatable bonds is 3. The van der Waals surface area contributed by atoms with E-state index in [0.717, 1.165) is 24.2 Å². The Hall–Kier alpha value is -1.87. The van der Waals surface area contributed by atoms with Crippen molar-refractivity contribution in [1.29, 1.82) is 0 Å². The molecule has 2 nitrogen and oxygen atoms in total. The third kappa shape index (κ3) is 2.61. The molecule has 1 aliphatic carbocycles. The second-order valence-electron chi connectivity index (χ2n) is 4.92. The lowest BCUT2D eigenvalue weighted by molar-refractivity contribution is 0.305. The van der Waals surface area contributed by atoms with E-state index in [1.54, 1.807) is 6.07 Å². The van der Waals surface area contributed by atoms with E-state index in [1.165, 1.54) is 23.3 Å². The lowest BCUT2D eigenvalue weighted by Gasteiger charge is -2.09. The average Bonchev–Trinajstić information content (AvgIpc) is 2.78. The van der Waals surface area contributed by atoms with Crippen LogP contribution in [0.15, 0.2) is 42.5 Å². The van der Waals surface area contributed by atoms with Gasteiger partial charge in [0.05, 0.1) is 0 Å². The van der Waals surface area contributed by atoms with Gasteiger partial charge >= 0.3 is 0 Å². The summed E-state index contributed by atoms with van der Waals surface area (Å²) in [6.07, 6.45) is 2.01. The van der Waals surface area contributed by atoms with E-state index < -0.39 is 0 Å². The van der Waals surface area contributed by atoms with Crippen LogP contribution in [-0.4, -0.2) is 0 Å². The first-order valence-corrected chi connectivity index (χ1v) is 6.48. The molecule has 0 heterocycles. The van der Waals surface area contributed by atoms with Crippen molar-refractivity contribution in [1.82, 2.24) is 0 Å². The molecule has 98 valence electrons. The fraction of sp³-hybridized carbons (Fsp3) is 0.250. The van der Waals surface area contributed by atoms with Gasteiger partial charge in [-0.1, -0.05) is 18.2 Å². The van der Waals surface area contributed by atoms with Crippen LogP contribution in [0.5, 0.6) is 5.75 Å². The molecule has 1 atom stereocenters. The molecule has 0 fully saturated rings. The molecule has 0 saturated heterocycles. The number of hydrogen-bond acceptors (Lipinski definition) is 2. The normalized spacial score (nSPS) is 17.3. The monoisotopic (exact) mass is 257 g/mol. The van der Waals surface area contributed by atoms with Gasteiger partial charge in [-0.15, -0.1) is 0 Å². The zero-order chi connectivity index (χ0) is 13.2. The van der Waals surface area contributed by atoms with Crippen LogP contribution in [0.3, 0.4) is 0 Å². The highest BCUT2D eigenvalue weighted by atomic mass is 19.1. The van der Waals surface area contributed by atoms with E-state index in [9.17, 15) is 4.39 Å². The number of nitrogens with two attached hydrogens (primary N) is 1. The van der Waals surface area contributed by atoms with Gasteiger partial charge in [-0.05, 0) is 53.8 Å². The van der Waals surface area contributed by atoms with Gasteiger partial charge in [-0.25, -0.2) is 4.39 Å². The average molecular weight is 257 g/mol. The van der Waals surface area contributed by atoms with E-state index >= 15 is 0 Å². The van der Waals surface area contributed by atoms with E-state index in [0.29, 0.717) is 6.61 Å². The Balaban J connectivity index is 1.71. The Labute approximate surface area is 112 Å². The van der Waals surface area contributed by atoms with Crippen LogP contribution < -0.4 is 10.5 Å². The predicted molar refractivity (Wildman–Crippen MR) is 72.4 cm³/mol. The predicted octanol–water partition coefficient (Wildman–Crippen LogP) is 3.35. The Morgan fingerprint density at radius 1 is 1.21 bits per heavy atom. The zero-order valence-electron chi connectivity index (χ0n) is 10.6. The van der Waals surface area contributed by atoms with Crippen LogP contribution in [-0.2, 0) is 13.0 Å². The SMILES string of the molecule is NC1CCc2cc(OCc3cccc(F)c3)ccc21. The molecule has 0 amide bonds. The van der Waals surface area contributed by atoms with Crippen molar-refractivity contribution >= 4 is 0 Å². The summed E-state index contributed by atoms with van der Waals surface area (Å²) in [7, 11) is 0. The van der Waals surface area contributed by atoms with Crippen molar-refractivity contribution < 1.29 is 9.13 Å². The summed E-state index contributed by atoms with van der Waals surface area (Å²) < 4.78 is 18.7. The van der Waals surface area contributed by atoms with E-state index in [-0.39, 0.29) is 11.9 Å². The topological polar surface area (TPSA) is 35.2 Å². The fourth-order valence-corrected chi connectivity index (χ4v) is 2.51. The first kappa shape index (κ1) is 12.2. The summed E-state index contributed by atoms with van der Waals surface area (Å²) in [5.41, 5.74) is 9.31. The molecule has 0 spiro atoms. The Bertz CT molecular complexity index is 597. The van der Waals surface area contributed by atoms with Crippen LogP contribution in [0.4, 0.5) is 4.39 Å². The molecule has 2 aromatic carbocycles. The van der Waals surface area contributed by atoms with Crippen molar-refractivity contribution in [2.75, 3.05) is 0 Å². The largest absolute Gasteiger partial charge is 0.489 e. The molecule has 0 saturated carbocycles. The van der Waals surface area contributed by atoms with Crippen LogP contribution in [0, 0.1) is 5.82 Å². The summed E-state index contributed by atoms with van der Waals surface area (Å²) in [6, 6.07) is 12.6. The number of ether oxygens (including phenoxy) is 1. The molecule has 19 heavy (non-hydrogen) atoms. The summed E-state index contributed by atoms with van der Waals surface area (Å²) >= 11 is 0. The molecule has 2 N–H and O–H groups in total. The molecule has 1 unspecified atom stereocenters. The van der Waals surface area contributed by atoms with Gasteiger partial charge in [0.1, 0.15) is 18.2 Å². The highest BCUT2D eigenvalue weighted by Crippen LogP contribution is 2.32. The zero-order valence-corrected chi connectivity index (χ0v) is 10.6. The van der Waals surface area contributed by atoms with Crippen molar-refractivity contribution in [3.05, 3.63) is 65.0 Å². The maximum atomic E-state index is 13.0. The van der Waals surface area contributed by atoms with E-state index in [2.05, 4.69) is 0 Å². The molecule has 1 aliphatic rings. The quantitative estimate of drug-likeness (QED) is 0.915. The number of fused-ring (bicyclic) bond motifs is 1. The molecule has 0 radical (unpaired) electrons. The standard InChI is InChI=1S/C16H16FNO/c17-13-3-1-2-11(8-13)10-19-14-5-6-15-12(9-14)4-7-16(15)18/h1-3,5-6,8-9,16H,4,7,10,18H2. The third-order valence-corrected chi connectivity index (χ3v) is 3.53. The lowest BCUT2D eigenvalue weighted by Crippen LogP contribution is -2.05. The van der Waals surface area contributed by atoms with Gasteiger partial charge in [-0.3, -0.25) is 0 Å². The molecule has 0 aliphatic heterocycles. The summed E-state index contributed by atoms with van der Waals surface area (Å²) in [5, 5.41) is 0. The summed E-state index contributed by atoms with van der Waals surface area (Å²) in [6.45, 7) is 0.378. The molecule has 3 heteroatoms. The molecule has 0 bridgehead atoms. The van der Waals surface area contributed by atoms with Crippen molar-refractivity contribution in [3.8, 4) is 5.75 Å².